The van der Waals surface area contributed by atoms with E-state index >= 15 is 4.39 Å². The van der Waals surface area contributed by atoms with Gasteiger partial charge in [-0.2, -0.15) is 0 Å². The molecule has 7 nitrogen and oxygen atoms in total. The van der Waals surface area contributed by atoms with Crippen LogP contribution >= 0.6 is 0 Å². The Morgan fingerprint density at radius 1 is 1.11 bits per heavy atom. The molecule has 11 heteroatoms. The fourth-order valence-corrected chi connectivity index (χ4v) is 4.32. The number of hydrogen-bond acceptors (Lipinski definition) is 6. The summed E-state index contributed by atoms with van der Waals surface area (Å²) in [5.41, 5.74) is 4.17. The minimum absolute atomic E-state index is 0.156. The minimum Gasteiger partial charge on any atom is -0.497 e. The summed E-state index contributed by atoms with van der Waals surface area (Å²) in [5, 5.41) is 12.7. The molecule has 1 aliphatic rings. The van der Waals surface area contributed by atoms with Crippen LogP contribution in [0.25, 0.3) is 11.1 Å². The van der Waals surface area contributed by atoms with Crippen molar-refractivity contribution >= 4 is 17.3 Å². The first-order valence-electron chi connectivity index (χ1n) is 11.1. The number of rotatable bonds is 5. The first kappa shape index (κ1) is 25.4. The number of hydrogen-bond donors (Lipinski definition) is 3. The van der Waals surface area contributed by atoms with Crippen molar-refractivity contribution in [1.29, 1.82) is 0 Å². The van der Waals surface area contributed by atoms with E-state index in [-0.39, 0.29) is 17.4 Å². The molecule has 3 aromatic rings. The van der Waals surface area contributed by atoms with E-state index in [0.717, 1.165) is 24.3 Å². The van der Waals surface area contributed by atoms with Crippen LogP contribution in [0, 0.1) is 29.2 Å². The van der Waals surface area contributed by atoms with Crippen LogP contribution in [0.1, 0.15) is 17.3 Å². The third-order valence-electron chi connectivity index (χ3n) is 6.19. The number of nitrogens with zero attached hydrogens (tertiary/aromatic N) is 2. The Morgan fingerprint density at radius 2 is 1.81 bits per heavy atom. The molecule has 0 radical (unpaired) electrons. The minimum atomic E-state index is -1.43. The molecule has 1 aliphatic heterocycles. The molecule has 0 unspecified atom stereocenters. The number of aliphatic hydroxyl groups excluding tert-OH is 1. The number of carbonyl (C=O) groups is 1. The van der Waals surface area contributed by atoms with E-state index in [2.05, 4.69) is 10.3 Å². The number of methoxy groups -OCH3 is 1. The zero-order chi connectivity index (χ0) is 26.1. The van der Waals surface area contributed by atoms with Crippen molar-refractivity contribution in [2.24, 2.45) is 11.7 Å². The largest absolute Gasteiger partial charge is 0.497 e. The van der Waals surface area contributed by atoms with Crippen molar-refractivity contribution < 1.29 is 32.2 Å². The van der Waals surface area contributed by atoms with Gasteiger partial charge in [-0.05, 0) is 18.2 Å². The first-order chi connectivity index (χ1) is 17.1. The fourth-order valence-electron chi connectivity index (χ4n) is 4.32. The lowest BCUT2D eigenvalue weighted by Crippen LogP contribution is -2.55. The van der Waals surface area contributed by atoms with Crippen molar-refractivity contribution in [3.05, 3.63) is 71.6 Å². The number of ether oxygens (including phenoxy) is 1. The van der Waals surface area contributed by atoms with Gasteiger partial charge >= 0.3 is 0 Å². The fraction of sp³-hybridized carbons (Fsp3) is 0.280. The van der Waals surface area contributed by atoms with E-state index < -0.39 is 58.0 Å². The first-order valence-corrected chi connectivity index (χ1v) is 11.1. The van der Waals surface area contributed by atoms with E-state index in [9.17, 15) is 23.1 Å². The van der Waals surface area contributed by atoms with Crippen LogP contribution in [0.3, 0.4) is 0 Å². The van der Waals surface area contributed by atoms with Crippen LogP contribution < -0.4 is 20.7 Å². The predicted octanol–water partition coefficient (Wildman–Crippen LogP) is 3.71. The second-order valence-corrected chi connectivity index (χ2v) is 8.63. The summed E-state index contributed by atoms with van der Waals surface area (Å²) in [4.78, 5) is 18.9. The monoisotopic (exact) mass is 504 g/mol. The highest BCUT2D eigenvalue weighted by molar-refractivity contribution is 6.06. The van der Waals surface area contributed by atoms with Crippen molar-refractivity contribution in [3.63, 3.8) is 0 Å². The number of aliphatic hydroxyl groups is 1. The molecular formula is C25H24F4N4O3. The Balaban J connectivity index is 1.69. The average molecular weight is 504 g/mol. The quantitative estimate of drug-likeness (QED) is 0.458. The highest BCUT2D eigenvalue weighted by Gasteiger charge is 2.32. The van der Waals surface area contributed by atoms with Crippen LogP contribution in [0.2, 0.25) is 0 Å². The van der Waals surface area contributed by atoms with E-state index in [4.69, 9.17) is 10.5 Å². The zero-order valence-electron chi connectivity index (χ0n) is 19.4. The third kappa shape index (κ3) is 4.71. The van der Waals surface area contributed by atoms with Crippen LogP contribution in [0.4, 0.5) is 28.9 Å². The van der Waals surface area contributed by atoms with Gasteiger partial charge in [0.15, 0.2) is 0 Å². The molecule has 2 aromatic carbocycles. The van der Waals surface area contributed by atoms with Gasteiger partial charge in [0.2, 0.25) is 0 Å². The standard InChI is InChI=1S/C25H24F4N4O3/c1-12-10-33(11-18(30)24(12)34)20-5-6-31-9-19(20)32-25(35)14-3-4-15(26)22(23(14)29)21-16(27)7-13(36-2)8-17(21)28/h3-9,12,18,24,34H,10-11,30H2,1-2H3,(H,32,35)/t12-,18+,24+/m0/s1. The number of halogens is 4. The molecule has 0 saturated carbocycles. The van der Waals surface area contributed by atoms with Gasteiger partial charge in [0.1, 0.15) is 29.0 Å². The number of piperidine rings is 1. The molecule has 1 aromatic heterocycles. The highest BCUT2D eigenvalue weighted by Crippen LogP contribution is 2.35. The molecule has 190 valence electrons. The molecular weight excluding hydrogens is 480 g/mol. The lowest BCUT2D eigenvalue weighted by Gasteiger charge is -2.40. The second-order valence-electron chi connectivity index (χ2n) is 8.63. The zero-order valence-corrected chi connectivity index (χ0v) is 19.4. The summed E-state index contributed by atoms with van der Waals surface area (Å²) in [6.07, 6.45) is 2.16. The lowest BCUT2D eigenvalue weighted by molar-refractivity contribution is 0.0785. The van der Waals surface area contributed by atoms with Crippen LogP contribution in [0.15, 0.2) is 42.7 Å². The van der Waals surface area contributed by atoms with Gasteiger partial charge in [-0.1, -0.05) is 6.92 Å². The van der Waals surface area contributed by atoms with Crippen molar-refractivity contribution in [2.75, 3.05) is 30.4 Å². The number of carbonyl (C=O) groups excluding carboxylic acids is 1. The maximum atomic E-state index is 15.4. The number of pyridine rings is 1. The summed E-state index contributed by atoms with van der Waals surface area (Å²) >= 11 is 0. The van der Waals surface area contributed by atoms with Gasteiger partial charge in [0.05, 0.1) is 47.5 Å². The van der Waals surface area contributed by atoms with Crippen LogP contribution in [-0.4, -0.2) is 48.3 Å². The van der Waals surface area contributed by atoms with Crippen molar-refractivity contribution in [2.45, 2.75) is 19.1 Å². The molecule has 0 aliphatic carbocycles. The lowest BCUT2D eigenvalue weighted by atomic mass is 9.92. The molecule has 4 rings (SSSR count). The molecule has 0 spiro atoms. The van der Waals surface area contributed by atoms with Gasteiger partial charge < -0.3 is 25.8 Å². The molecule has 1 fully saturated rings. The normalized spacial score (nSPS) is 19.8. The van der Waals surface area contributed by atoms with E-state index in [0.29, 0.717) is 18.8 Å². The molecule has 1 amide bonds. The van der Waals surface area contributed by atoms with E-state index in [1.807, 2.05) is 11.8 Å². The van der Waals surface area contributed by atoms with Crippen LogP contribution in [-0.2, 0) is 0 Å². The van der Waals surface area contributed by atoms with Gasteiger partial charge in [0.25, 0.3) is 5.91 Å². The number of amides is 1. The Hall–Kier alpha value is -3.70. The number of nitrogens with two attached hydrogens (primary N) is 1. The number of anilines is 2. The molecule has 4 N–H and O–H groups in total. The van der Waals surface area contributed by atoms with E-state index in [1.54, 1.807) is 6.07 Å². The number of aromatic nitrogens is 1. The summed E-state index contributed by atoms with van der Waals surface area (Å²) < 4.78 is 63.9. The Labute approximate surface area is 204 Å². The topological polar surface area (TPSA) is 101 Å². The van der Waals surface area contributed by atoms with Crippen molar-refractivity contribution in [3.8, 4) is 16.9 Å². The number of nitrogens with one attached hydrogen (secondary N) is 1. The van der Waals surface area contributed by atoms with Gasteiger partial charge in [-0.25, -0.2) is 17.6 Å². The summed E-state index contributed by atoms with van der Waals surface area (Å²) in [6.45, 7) is 2.57. The smallest absolute Gasteiger partial charge is 0.258 e. The van der Waals surface area contributed by atoms with Crippen molar-refractivity contribution in [1.82, 2.24) is 4.98 Å². The predicted molar refractivity (Wildman–Crippen MR) is 126 cm³/mol. The Bertz CT molecular complexity index is 1270. The third-order valence-corrected chi connectivity index (χ3v) is 6.19. The second kappa shape index (κ2) is 10.1. The maximum absolute atomic E-state index is 15.4. The molecule has 36 heavy (non-hydrogen) atoms. The maximum Gasteiger partial charge on any atom is 0.258 e. The summed E-state index contributed by atoms with van der Waals surface area (Å²) in [7, 11) is 1.19. The highest BCUT2D eigenvalue weighted by atomic mass is 19.1. The van der Waals surface area contributed by atoms with Gasteiger partial charge in [0, 0.05) is 43.4 Å². The van der Waals surface area contributed by atoms with E-state index in [1.165, 1.54) is 19.5 Å². The molecule has 3 atom stereocenters. The summed E-state index contributed by atoms with van der Waals surface area (Å²) in [6, 6.07) is 4.31. The SMILES string of the molecule is COc1cc(F)c(-c2c(F)ccc(C(=O)Nc3cnccc3N3C[C@@H](N)[C@H](O)[C@@H](C)C3)c2F)c(F)c1. The number of benzene rings is 2. The van der Waals surface area contributed by atoms with Gasteiger partial charge in [-0.3, -0.25) is 9.78 Å². The van der Waals surface area contributed by atoms with Gasteiger partial charge in [-0.15, -0.1) is 0 Å². The molecule has 1 saturated heterocycles. The Kier molecular flexibility index (Phi) is 7.14. The average Bonchev–Trinajstić information content (AvgIpc) is 2.83. The Morgan fingerprint density at radius 3 is 2.44 bits per heavy atom. The van der Waals surface area contributed by atoms with Crippen LogP contribution in [0.5, 0.6) is 5.75 Å². The summed E-state index contributed by atoms with van der Waals surface area (Å²) in [5.74, 6) is -6.50. The molecule has 2 heterocycles. The molecule has 0 bridgehead atoms.